The second kappa shape index (κ2) is 12.8. The summed E-state index contributed by atoms with van der Waals surface area (Å²) >= 11 is 1.51. The molecule has 0 amide bonds. The van der Waals surface area contributed by atoms with Crippen molar-refractivity contribution >= 4 is 34.4 Å². The van der Waals surface area contributed by atoms with E-state index in [4.69, 9.17) is 23.7 Å². The third-order valence-electron chi connectivity index (χ3n) is 12.9. The van der Waals surface area contributed by atoms with E-state index in [-0.39, 0.29) is 49.2 Å². The van der Waals surface area contributed by atoms with Gasteiger partial charge in [-0.2, -0.15) is 0 Å². The number of aromatic amines is 1. The van der Waals surface area contributed by atoms with Crippen LogP contribution >= 0.6 is 11.8 Å². The Balaban J connectivity index is 1.24. The zero-order valence-corrected chi connectivity index (χ0v) is 32.5. The molecule has 1 spiro atoms. The number of rotatable bonds is 2. The first-order valence-electron chi connectivity index (χ1n) is 18.9. The average molecular weight is 787 g/mol. The summed E-state index contributed by atoms with van der Waals surface area (Å²) in [5, 5.41) is 28.6. The number of methoxy groups -OCH3 is 1. The number of aromatic nitrogens is 1. The number of thioether (sulfide) groups is 1. The van der Waals surface area contributed by atoms with Crippen molar-refractivity contribution < 1.29 is 47.9 Å². The molecule has 0 aliphatic carbocycles. The Labute approximate surface area is 326 Å². The fourth-order valence-electron chi connectivity index (χ4n) is 10.6. The van der Waals surface area contributed by atoms with Crippen LogP contribution in [0.25, 0.3) is 10.9 Å². The number of benzene rings is 3. The monoisotopic (exact) mass is 786 g/mol. The molecule has 7 atom stereocenters. The SMILES string of the molecule is COc1c(C)cc2c(c1O)[C@@H]1C3[C@@H]4SC[C@]5(NCCc6c5[nH]c5cc(F)ccc65)C(=O)COC[C@@H](c5c6c(c(C)c(OC(C)=O)c54)OCO6)N3[C@@H](O)[C@H](C2)N1C. The highest BCUT2D eigenvalue weighted by Crippen LogP contribution is 2.64. The number of H-pyrrole nitrogens is 1. The van der Waals surface area contributed by atoms with Gasteiger partial charge in [-0.3, -0.25) is 24.7 Å². The van der Waals surface area contributed by atoms with Gasteiger partial charge in [0.1, 0.15) is 29.9 Å². The summed E-state index contributed by atoms with van der Waals surface area (Å²) in [5.74, 6) is 0.782. The average Bonchev–Trinajstić information content (AvgIpc) is 3.79. The van der Waals surface area contributed by atoms with Crippen LogP contribution in [0, 0.1) is 19.7 Å². The number of esters is 1. The highest BCUT2D eigenvalue weighted by Gasteiger charge is 2.61. The Morgan fingerprint density at radius 3 is 2.71 bits per heavy atom. The minimum Gasteiger partial charge on any atom is -0.504 e. The van der Waals surface area contributed by atoms with Crippen molar-refractivity contribution in [1.29, 1.82) is 0 Å². The summed E-state index contributed by atoms with van der Waals surface area (Å²) in [6, 6.07) is 4.54. The summed E-state index contributed by atoms with van der Waals surface area (Å²) in [6.45, 7) is 5.25. The van der Waals surface area contributed by atoms with Crippen LogP contribution in [-0.2, 0) is 32.7 Å². The number of hydrogen-bond donors (Lipinski definition) is 4. The van der Waals surface area contributed by atoms with Gasteiger partial charge in [0, 0.05) is 64.1 Å². The van der Waals surface area contributed by atoms with Crippen molar-refractivity contribution in [2.75, 3.05) is 46.5 Å². The van der Waals surface area contributed by atoms with E-state index < -0.39 is 41.1 Å². The number of halogens is 1. The van der Waals surface area contributed by atoms with Gasteiger partial charge in [-0.1, -0.05) is 6.07 Å². The van der Waals surface area contributed by atoms with Crippen LogP contribution in [0.5, 0.6) is 28.7 Å². The smallest absolute Gasteiger partial charge is 0.308 e. The Bertz CT molecular complexity index is 2370. The number of piperazine rings is 1. The second-order valence-electron chi connectivity index (χ2n) is 15.8. The summed E-state index contributed by atoms with van der Waals surface area (Å²) in [6.07, 6.45) is 0.0698. The minimum atomic E-state index is -1.27. The zero-order valence-electron chi connectivity index (χ0n) is 31.7. The molecule has 1 aromatic heterocycles. The Kier molecular flexibility index (Phi) is 8.24. The first-order valence-corrected chi connectivity index (χ1v) is 20.0. The van der Waals surface area contributed by atoms with E-state index >= 15 is 0 Å². The summed E-state index contributed by atoms with van der Waals surface area (Å²) in [4.78, 5) is 35.4. The molecule has 1 unspecified atom stereocenters. The van der Waals surface area contributed by atoms with E-state index in [1.165, 1.54) is 37.9 Å². The van der Waals surface area contributed by atoms with Crippen LogP contribution in [0.15, 0.2) is 24.3 Å². The highest BCUT2D eigenvalue weighted by molar-refractivity contribution is 7.99. The number of carbonyl (C=O) groups is 2. The van der Waals surface area contributed by atoms with Crippen LogP contribution in [-0.4, -0.2) is 102 Å². The number of phenols is 1. The molecular formula is C41H43FN4O9S. The summed E-state index contributed by atoms with van der Waals surface area (Å²) < 4.78 is 45.2. The number of aliphatic hydroxyl groups excluding tert-OH is 1. The van der Waals surface area contributed by atoms with Gasteiger partial charge in [-0.25, -0.2) is 4.39 Å². The molecule has 7 aliphatic heterocycles. The van der Waals surface area contributed by atoms with Gasteiger partial charge < -0.3 is 38.9 Å². The largest absolute Gasteiger partial charge is 0.504 e. The van der Waals surface area contributed by atoms with Crippen molar-refractivity contribution in [2.45, 2.75) is 74.8 Å². The van der Waals surface area contributed by atoms with Crippen molar-refractivity contribution in [3.63, 3.8) is 0 Å². The van der Waals surface area contributed by atoms with Gasteiger partial charge >= 0.3 is 5.97 Å². The first kappa shape index (κ1) is 36.0. The minimum absolute atomic E-state index is 0.0257. The maximum Gasteiger partial charge on any atom is 0.308 e. The number of aliphatic hydroxyl groups is 1. The predicted molar refractivity (Wildman–Crippen MR) is 203 cm³/mol. The van der Waals surface area contributed by atoms with Gasteiger partial charge in [0.2, 0.25) is 6.79 Å². The number of hydrogen-bond acceptors (Lipinski definition) is 13. The molecule has 4 aromatic rings. The second-order valence-corrected chi connectivity index (χ2v) is 16.9. The standard InChI is InChI=1S/C41H43FN4O9S/c1-17-10-20-11-25-40(50)46-26-13-52-14-27(48)41(39-23(8-9-43-41)22-7-6-21(42)12-24(22)44-39)15-56-38(32(46)31(45(25)4)28(20)33(49)34(17)51-5)30-29(26)37-36(53-16-54-37)18(2)35(30)55-19(3)47/h6-7,10,12,25-26,31-32,38,40,43-44,49-50H,8-9,11,13-16H2,1-5H3/t25-,26-,31+,32?,38+,40-,41-/m0/s1. The van der Waals surface area contributed by atoms with E-state index in [0.717, 1.165) is 22.1 Å². The number of ketones is 1. The number of ether oxygens (including phenoxy) is 5. The third-order valence-corrected chi connectivity index (χ3v) is 14.4. The maximum absolute atomic E-state index is 14.8. The topological polar surface area (TPSA) is 155 Å². The van der Waals surface area contributed by atoms with Gasteiger partial charge in [-0.15, -0.1) is 11.8 Å². The molecule has 0 saturated carbocycles. The molecule has 4 bridgehead atoms. The van der Waals surface area contributed by atoms with E-state index in [1.54, 1.807) is 6.07 Å². The number of likely N-dealkylation sites (N-methyl/N-ethyl adjacent to an activating group) is 1. The van der Waals surface area contributed by atoms with Crippen LogP contribution in [0.1, 0.15) is 68.9 Å². The number of Topliss-reactive ketones (excluding diaryl/α,β-unsaturated/α-hetero) is 1. The third kappa shape index (κ3) is 4.84. The normalized spacial score (nSPS) is 29.4. The quantitative estimate of drug-likeness (QED) is 0.168. The van der Waals surface area contributed by atoms with Gasteiger partial charge in [-0.05, 0) is 68.6 Å². The van der Waals surface area contributed by atoms with Crippen molar-refractivity contribution in [2.24, 2.45) is 0 Å². The molecule has 294 valence electrons. The number of aryl methyl sites for hydroxylation is 1. The molecule has 7 aliphatic rings. The number of fused-ring (bicyclic) bond motifs is 12. The Morgan fingerprint density at radius 1 is 1.12 bits per heavy atom. The number of nitrogens with one attached hydrogen (secondary N) is 2. The summed E-state index contributed by atoms with van der Waals surface area (Å²) in [5.41, 5.74) is 5.28. The fourth-order valence-corrected chi connectivity index (χ4v) is 12.4. The maximum atomic E-state index is 14.8. The van der Waals surface area contributed by atoms with Gasteiger partial charge in [0.15, 0.2) is 28.8 Å². The first-order chi connectivity index (χ1) is 26.9. The molecule has 15 heteroatoms. The molecule has 3 aromatic carbocycles. The Morgan fingerprint density at radius 2 is 1.93 bits per heavy atom. The van der Waals surface area contributed by atoms with Crippen LogP contribution in [0.3, 0.4) is 0 Å². The molecule has 8 heterocycles. The van der Waals surface area contributed by atoms with E-state index in [2.05, 4.69) is 20.1 Å². The van der Waals surface area contributed by atoms with E-state index in [1.807, 2.05) is 27.0 Å². The molecule has 2 saturated heterocycles. The lowest BCUT2D eigenvalue weighted by Crippen LogP contribution is -2.69. The van der Waals surface area contributed by atoms with E-state index in [9.17, 15) is 24.2 Å². The lowest BCUT2D eigenvalue weighted by molar-refractivity contribution is -0.181. The number of phenolic OH excluding ortho intramolecular Hbond substituents is 1. The van der Waals surface area contributed by atoms with Crippen molar-refractivity contribution in [3.05, 3.63) is 74.7 Å². The van der Waals surface area contributed by atoms with Crippen molar-refractivity contribution in [1.82, 2.24) is 20.1 Å². The predicted octanol–water partition coefficient (Wildman–Crippen LogP) is 4.36. The number of nitrogens with zero attached hydrogens (tertiary/aromatic N) is 2. The molecule has 0 radical (unpaired) electrons. The van der Waals surface area contributed by atoms with Gasteiger partial charge in [0.05, 0.1) is 37.1 Å². The summed E-state index contributed by atoms with van der Waals surface area (Å²) in [7, 11) is 3.50. The molecule has 13 nitrogen and oxygen atoms in total. The lowest BCUT2D eigenvalue weighted by atomic mass is 9.73. The number of carbonyl (C=O) groups excluding carboxylic acids is 2. The van der Waals surface area contributed by atoms with Crippen molar-refractivity contribution in [3.8, 4) is 28.7 Å². The molecule has 2 fully saturated rings. The van der Waals surface area contributed by atoms with Crippen LogP contribution in [0.4, 0.5) is 4.39 Å². The number of aromatic hydroxyl groups is 1. The molecule has 56 heavy (non-hydrogen) atoms. The Hall–Kier alpha value is -4.38. The van der Waals surface area contributed by atoms with Crippen LogP contribution in [0.2, 0.25) is 0 Å². The lowest BCUT2D eigenvalue weighted by Gasteiger charge is -2.61. The zero-order chi connectivity index (χ0) is 38.9. The van der Waals surface area contributed by atoms with E-state index in [0.29, 0.717) is 75.8 Å². The molecule has 4 N–H and O–H groups in total. The van der Waals surface area contributed by atoms with Crippen LogP contribution < -0.4 is 24.3 Å². The fraction of sp³-hybridized carbons (Fsp3) is 0.463. The highest BCUT2D eigenvalue weighted by atomic mass is 32.2. The van der Waals surface area contributed by atoms with Gasteiger partial charge in [0.25, 0.3) is 0 Å². The molecular weight excluding hydrogens is 744 g/mol. The molecule has 11 rings (SSSR count).